The Morgan fingerprint density at radius 2 is 2.05 bits per heavy atom. The van der Waals surface area contributed by atoms with Gasteiger partial charge in [-0.1, -0.05) is 37.0 Å². The molecule has 0 radical (unpaired) electrons. The number of nitrogens with one attached hydrogen (secondary N) is 1. The SMILES string of the molecule is CC(C)NC1CCCN(c2ccc(Br)c(Cl)c2Cl)C1=O. The minimum Gasteiger partial charge on any atom is -0.310 e. The molecule has 1 unspecified atom stereocenters. The molecule has 20 heavy (non-hydrogen) atoms. The van der Waals surface area contributed by atoms with Crippen LogP contribution in [-0.2, 0) is 4.79 Å². The summed E-state index contributed by atoms with van der Waals surface area (Å²) in [5.74, 6) is 0.0604. The fraction of sp³-hybridized carbons (Fsp3) is 0.500. The van der Waals surface area contributed by atoms with E-state index in [-0.39, 0.29) is 18.0 Å². The first kappa shape index (κ1) is 16.1. The van der Waals surface area contributed by atoms with Crippen molar-refractivity contribution in [3.63, 3.8) is 0 Å². The minimum atomic E-state index is -0.151. The number of carbonyl (C=O) groups excluding carboxylic acids is 1. The predicted octanol–water partition coefficient (Wildman–Crippen LogP) is 4.25. The molecule has 1 atom stereocenters. The first-order valence-electron chi connectivity index (χ1n) is 6.62. The van der Waals surface area contributed by atoms with Crippen LogP contribution in [0.15, 0.2) is 16.6 Å². The van der Waals surface area contributed by atoms with Gasteiger partial charge in [0.05, 0.1) is 21.8 Å². The van der Waals surface area contributed by atoms with Crippen LogP contribution < -0.4 is 10.2 Å². The number of amides is 1. The summed E-state index contributed by atoms with van der Waals surface area (Å²) in [6.07, 6.45) is 1.80. The normalized spacial score (nSPS) is 19.8. The van der Waals surface area contributed by atoms with E-state index in [1.165, 1.54) is 0 Å². The van der Waals surface area contributed by atoms with Crippen molar-refractivity contribution in [3.05, 3.63) is 26.7 Å². The maximum absolute atomic E-state index is 12.6. The molecule has 0 bridgehead atoms. The Morgan fingerprint density at radius 1 is 1.35 bits per heavy atom. The predicted molar refractivity (Wildman–Crippen MR) is 87.8 cm³/mol. The molecule has 0 spiro atoms. The second-order valence-electron chi connectivity index (χ2n) is 5.20. The van der Waals surface area contributed by atoms with Crippen molar-refractivity contribution >= 4 is 50.7 Å². The van der Waals surface area contributed by atoms with Gasteiger partial charge < -0.3 is 10.2 Å². The first-order chi connectivity index (χ1) is 9.41. The van der Waals surface area contributed by atoms with Crippen molar-refractivity contribution in [2.45, 2.75) is 38.8 Å². The molecule has 1 aromatic rings. The number of piperidine rings is 1. The smallest absolute Gasteiger partial charge is 0.244 e. The Bertz CT molecular complexity index is 522. The van der Waals surface area contributed by atoms with Gasteiger partial charge in [0, 0.05) is 17.1 Å². The summed E-state index contributed by atoms with van der Waals surface area (Å²) >= 11 is 15.7. The number of hydrogen-bond donors (Lipinski definition) is 1. The molecule has 0 aliphatic carbocycles. The van der Waals surface area contributed by atoms with Gasteiger partial charge in [-0.2, -0.15) is 0 Å². The second kappa shape index (κ2) is 6.65. The topological polar surface area (TPSA) is 32.3 Å². The van der Waals surface area contributed by atoms with Gasteiger partial charge in [0.1, 0.15) is 0 Å². The van der Waals surface area contributed by atoms with Crippen LogP contribution in [0, 0.1) is 0 Å². The van der Waals surface area contributed by atoms with Crippen LogP contribution in [0.4, 0.5) is 5.69 Å². The lowest BCUT2D eigenvalue weighted by Crippen LogP contribution is -2.52. The molecule has 1 aliphatic heterocycles. The first-order valence-corrected chi connectivity index (χ1v) is 8.17. The molecular weight excluding hydrogens is 363 g/mol. The zero-order valence-electron chi connectivity index (χ0n) is 11.4. The molecule has 110 valence electrons. The highest BCUT2D eigenvalue weighted by molar-refractivity contribution is 9.10. The van der Waals surface area contributed by atoms with Crippen LogP contribution in [0.25, 0.3) is 0 Å². The van der Waals surface area contributed by atoms with E-state index in [1.807, 2.05) is 26.0 Å². The Kier molecular flexibility index (Phi) is 5.35. The van der Waals surface area contributed by atoms with Crippen LogP contribution in [-0.4, -0.2) is 24.5 Å². The average Bonchev–Trinajstić information content (AvgIpc) is 2.39. The van der Waals surface area contributed by atoms with Crippen LogP contribution in [0.2, 0.25) is 10.0 Å². The lowest BCUT2D eigenvalue weighted by Gasteiger charge is -2.34. The Labute approximate surface area is 137 Å². The van der Waals surface area contributed by atoms with E-state index in [0.29, 0.717) is 22.3 Å². The number of nitrogens with zero attached hydrogens (tertiary/aromatic N) is 1. The maximum Gasteiger partial charge on any atom is 0.244 e. The molecule has 3 nitrogen and oxygen atoms in total. The summed E-state index contributed by atoms with van der Waals surface area (Å²) in [7, 11) is 0. The van der Waals surface area contributed by atoms with E-state index in [2.05, 4.69) is 21.2 Å². The van der Waals surface area contributed by atoms with Crippen molar-refractivity contribution in [2.24, 2.45) is 0 Å². The van der Waals surface area contributed by atoms with Gasteiger partial charge in [-0.15, -0.1) is 0 Å². The third-order valence-electron chi connectivity index (χ3n) is 3.28. The van der Waals surface area contributed by atoms with Crippen molar-refractivity contribution in [3.8, 4) is 0 Å². The molecule has 0 aromatic heterocycles. The molecule has 6 heteroatoms. The van der Waals surface area contributed by atoms with Gasteiger partial charge in [-0.25, -0.2) is 0 Å². The highest BCUT2D eigenvalue weighted by Gasteiger charge is 2.31. The Balaban J connectivity index is 2.28. The molecular formula is C14H17BrCl2N2O. The van der Waals surface area contributed by atoms with Crippen LogP contribution in [0.1, 0.15) is 26.7 Å². The minimum absolute atomic E-state index is 0.0604. The number of carbonyl (C=O) groups is 1. The number of rotatable bonds is 3. The van der Waals surface area contributed by atoms with Gasteiger partial charge in [0.25, 0.3) is 0 Å². The molecule has 1 N–H and O–H groups in total. The monoisotopic (exact) mass is 378 g/mol. The molecule has 1 aliphatic rings. The van der Waals surface area contributed by atoms with E-state index < -0.39 is 0 Å². The van der Waals surface area contributed by atoms with E-state index in [1.54, 1.807) is 4.90 Å². The third kappa shape index (κ3) is 3.30. The largest absolute Gasteiger partial charge is 0.310 e. The number of anilines is 1. The quantitative estimate of drug-likeness (QED) is 0.796. The summed E-state index contributed by atoms with van der Waals surface area (Å²) in [6.45, 7) is 4.75. The number of hydrogen-bond acceptors (Lipinski definition) is 2. The van der Waals surface area contributed by atoms with Gasteiger partial charge in [-0.3, -0.25) is 4.79 Å². The standard InChI is InChI=1S/C14H17BrCl2N2O/c1-8(2)18-10-4-3-7-19(14(10)20)11-6-5-9(15)12(16)13(11)17/h5-6,8,10,18H,3-4,7H2,1-2H3. The van der Waals surface area contributed by atoms with Gasteiger partial charge in [0.15, 0.2) is 0 Å². The fourth-order valence-corrected chi connectivity index (χ4v) is 3.27. The van der Waals surface area contributed by atoms with Gasteiger partial charge in [0.2, 0.25) is 5.91 Å². The third-order valence-corrected chi connectivity index (χ3v) is 5.04. The van der Waals surface area contributed by atoms with E-state index >= 15 is 0 Å². The molecule has 0 saturated carbocycles. The fourth-order valence-electron chi connectivity index (χ4n) is 2.40. The summed E-state index contributed by atoms with van der Waals surface area (Å²) in [6, 6.07) is 3.76. The summed E-state index contributed by atoms with van der Waals surface area (Å²) < 4.78 is 0.731. The Morgan fingerprint density at radius 3 is 2.70 bits per heavy atom. The molecule has 1 aromatic carbocycles. The van der Waals surface area contributed by atoms with E-state index in [0.717, 1.165) is 17.3 Å². The average molecular weight is 380 g/mol. The molecule has 1 heterocycles. The zero-order valence-corrected chi connectivity index (χ0v) is 14.5. The van der Waals surface area contributed by atoms with Crippen molar-refractivity contribution in [1.29, 1.82) is 0 Å². The highest BCUT2D eigenvalue weighted by atomic mass is 79.9. The molecule has 1 saturated heterocycles. The van der Waals surface area contributed by atoms with Crippen molar-refractivity contribution in [2.75, 3.05) is 11.4 Å². The summed E-state index contributed by atoms with van der Waals surface area (Å²) in [5.41, 5.74) is 0.681. The lowest BCUT2D eigenvalue weighted by molar-refractivity contribution is -0.121. The van der Waals surface area contributed by atoms with Crippen LogP contribution >= 0.6 is 39.1 Å². The summed E-state index contributed by atoms with van der Waals surface area (Å²) in [4.78, 5) is 14.3. The Hall–Kier alpha value is -0.290. The molecule has 1 amide bonds. The molecule has 1 fully saturated rings. The van der Waals surface area contributed by atoms with Crippen LogP contribution in [0.3, 0.4) is 0 Å². The lowest BCUT2D eigenvalue weighted by atomic mass is 10.0. The van der Waals surface area contributed by atoms with Gasteiger partial charge in [-0.05, 0) is 40.9 Å². The van der Waals surface area contributed by atoms with Crippen molar-refractivity contribution < 1.29 is 4.79 Å². The van der Waals surface area contributed by atoms with Crippen molar-refractivity contribution in [1.82, 2.24) is 5.32 Å². The maximum atomic E-state index is 12.6. The van der Waals surface area contributed by atoms with Gasteiger partial charge >= 0.3 is 0 Å². The van der Waals surface area contributed by atoms with Crippen LogP contribution in [0.5, 0.6) is 0 Å². The number of halogens is 3. The highest BCUT2D eigenvalue weighted by Crippen LogP contribution is 2.38. The zero-order chi connectivity index (χ0) is 14.9. The van der Waals surface area contributed by atoms with E-state index in [9.17, 15) is 4.79 Å². The second-order valence-corrected chi connectivity index (χ2v) is 6.81. The van der Waals surface area contributed by atoms with E-state index in [4.69, 9.17) is 23.2 Å². The summed E-state index contributed by atoms with van der Waals surface area (Å²) in [5, 5.41) is 4.16. The molecule has 2 rings (SSSR count). The number of benzene rings is 1.